The summed E-state index contributed by atoms with van der Waals surface area (Å²) in [6.07, 6.45) is 5.37. The van der Waals surface area contributed by atoms with Gasteiger partial charge in [0.25, 0.3) is 5.56 Å². The maximum absolute atomic E-state index is 11.8. The standard InChI is InChI=1S/C12H18N4O3/c1-15-6-9(13)11(18)16(12(15)19)7-10(17)14-8-4-2-3-5-8/h6,8H,2-5,7,13H2,1H3,(H,14,17). The number of nitrogens with two attached hydrogens (primary N) is 1. The van der Waals surface area contributed by atoms with Crippen LogP contribution in [0.4, 0.5) is 5.69 Å². The molecule has 1 amide bonds. The van der Waals surface area contributed by atoms with E-state index in [2.05, 4.69) is 5.32 Å². The van der Waals surface area contributed by atoms with Crippen molar-refractivity contribution in [3.63, 3.8) is 0 Å². The molecule has 0 atom stereocenters. The van der Waals surface area contributed by atoms with E-state index in [9.17, 15) is 14.4 Å². The van der Waals surface area contributed by atoms with Gasteiger partial charge >= 0.3 is 5.69 Å². The second kappa shape index (κ2) is 5.29. The fourth-order valence-corrected chi connectivity index (χ4v) is 2.38. The van der Waals surface area contributed by atoms with Crippen LogP contribution in [0.15, 0.2) is 15.8 Å². The molecule has 2 rings (SSSR count). The van der Waals surface area contributed by atoms with Gasteiger partial charge in [-0.1, -0.05) is 12.8 Å². The average Bonchev–Trinajstić information content (AvgIpc) is 2.85. The lowest BCUT2D eigenvalue weighted by atomic mass is 10.2. The first-order chi connectivity index (χ1) is 8.99. The van der Waals surface area contributed by atoms with E-state index in [-0.39, 0.29) is 24.2 Å². The molecule has 1 aromatic rings. The van der Waals surface area contributed by atoms with Gasteiger partial charge < -0.3 is 15.6 Å². The van der Waals surface area contributed by atoms with Crippen LogP contribution < -0.4 is 22.3 Å². The fraction of sp³-hybridized carbons (Fsp3) is 0.583. The van der Waals surface area contributed by atoms with E-state index in [1.165, 1.54) is 17.8 Å². The van der Waals surface area contributed by atoms with Crippen LogP contribution in [0.3, 0.4) is 0 Å². The molecule has 7 nitrogen and oxygen atoms in total. The third kappa shape index (κ3) is 2.86. The van der Waals surface area contributed by atoms with E-state index in [0.717, 1.165) is 30.3 Å². The number of aromatic nitrogens is 2. The summed E-state index contributed by atoms with van der Waals surface area (Å²) in [5.74, 6) is -0.322. The van der Waals surface area contributed by atoms with Crippen molar-refractivity contribution in [3.8, 4) is 0 Å². The van der Waals surface area contributed by atoms with Crippen molar-refractivity contribution in [2.75, 3.05) is 5.73 Å². The number of nitrogens with zero attached hydrogens (tertiary/aromatic N) is 2. The molecule has 0 bridgehead atoms. The normalized spacial score (nSPS) is 15.6. The topological polar surface area (TPSA) is 99.1 Å². The molecule has 0 aromatic carbocycles. The molecule has 19 heavy (non-hydrogen) atoms. The van der Waals surface area contributed by atoms with Crippen LogP contribution >= 0.6 is 0 Å². The van der Waals surface area contributed by atoms with E-state index >= 15 is 0 Å². The fourth-order valence-electron chi connectivity index (χ4n) is 2.38. The zero-order valence-electron chi connectivity index (χ0n) is 10.9. The van der Waals surface area contributed by atoms with Crippen molar-refractivity contribution < 1.29 is 4.79 Å². The molecule has 1 aromatic heterocycles. The third-order valence-electron chi connectivity index (χ3n) is 3.38. The van der Waals surface area contributed by atoms with Gasteiger partial charge in [0.05, 0.1) is 0 Å². The number of rotatable bonds is 3. The highest BCUT2D eigenvalue weighted by atomic mass is 16.2. The second-order valence-corrected chi connectivity index (χ2v) is 4.92. The van der Waals surface area contributed by atoms with Gasteiger partial charge in [-0.2, -0.15) is 0 Å². The minimum Gasteiger partial charge on any atom is -0.393 e. The van der Waals surface area contributed by atoms with Crippen LogP contribution in [0.1, 0.15) is 25.7 Å². The molecule has 7 heteroatoms. The van der Waals surface area contributed by atoms with Crippen LogP contribution in [0.2, 0.25) is 0 Å². The van der Waals surface area contributed by atoms with E-state index in [0.29, 0.717) is 0 Å². The van der Waals surface area contributed by atoms with Crippen molar-refractivity contribution in [1.29, 1.82) is 0 Å². The maximum atomic E-state index is 11.8. The summed E-state index contributed by atoms with van der Waals surface area (Å²) in [4.78, 5) is 35.4. The number of hydrogen-bond acceptors (Lipinski definition) is 4. The van der Waals surface area contributed by atoms with Gasteiger partial charge in [0, 0.05) is 19.3 Å². The van der Waals surface area contributed by atoms with Crippen molar-refractivity contribution in [2.24, 2.45) is 7.05 Å². The highest BCUT2D eigenvalue weighted by molar-refractivity contribution is 5.76. The number of aryl methyl sites for hydroxylation is 1. The summed E-state index contributed by atoms with van der Waals surface area (Å²) in [5.41, 5.74) is 4.30. The quantitative estimate of drug-likeness (QED) is 0.747. The minimum absolute atomic E-state index is 0.0456. The molecule has 1 aliphatic rings. The van der Waals surface area contributed by atoms with Gasteiger partial charge in [0.1, 0.15) is 12.2 Å². The SMILES string of the molecule is Cn1cc(N)c(=O)n(CC(=O)NC2CCCC2)c1=O. The zero-order valence-corrected chi connectivity index (χ0v) is 10.9. The molecule has 0 unspecified atom stereocenters. The predicted molar refractivity (Wildman–Crippen MR) is 70.8 cm³/mol. The Balaban J connectivity index is 2.16. The van der Waals surface area contributed by atoms with Gasteiger partial charge in [0.2, 0.25) is 5.91 Å². The van der Waals surface area contributed by atoms with Crippen LogP contribution in [-0.2, 0) is 18.4 Å². The number of hydrogen-bond donors (Lipinski definition) is 2. The molecule has 3 N–H and O–H groups in total. The molecule has 0 saturated heterocycles. The summed E-state index contributed by atoms with van der Waals surface area (Å²) in [7, 11) is 1.49. The number of carbonyl (C=O) groups is 1. The molecule has 1 saturated carbocycles. The Morgan fingerprint density at radius 3 is 2.68 bits per heavy atom. The number of nitrogen functional groups attached to an aromatic ring is 1. The second-order valence-electron chi connectivity index (χ2n) is 4.92. The molecule has 104 valence electrons. The average molecular weight is 266 g/mol. The molecule has 0 radical (unpaired) electrons. The highest BCUT2D eigenvalue weighted by Gasteiger charge is 2.18. The van der Waals surface area contributed by atoms with Gasteiger partial charge in [0.15, 0.2) is 0 Å². The molecule has 1 heterocycles. The Bertz CT molecular complexity index is 562. The van der Waals surface area contributed by atoms with Gasteiger partial charge in [-0.05, 0) is 12.8 Å². The summed E-state index contributed by atoms with van der Waals surface area (Å²) in [5, 5.41) is 2.83. The lowest BCUT2D eigenvalue weighted by Gasteiger charge is -2.13. The Hall–Kier alpha value is -2.05. The number of nitrogens with one attached hydrogen (secondary N) is 1. The Morgan fingerprint density at radius 2 is 2.05 bits per heavy atom. The lowest BCUT2D eigenvalue weighted by molar-refractivity contribution is -0.122. The molecular formula is C12H18N4O3. The smallest absolute Gasteiger partial charge is 0.331 e. The molecule has 1 aliphatic carbocycles. The zero-order chi connectivity index (χ0) is 14.0. The largest absolute Gasteiger partial charge is 0.393 e. The van der Waals surface area contributed by atoms with Crippen molar-refractivity contribution in [2.45, 2.75) is 38.3 Å². The van der Waals surface area contributed by atoms with Gasteiger partial charge in [-0.25, -0.2) is 9.36 Å². The van der Waals surface area contributed by atoms with E-state index < -0.39 is 11.2 Å². The van der Waals surface area contributed by atoms with Crippen molar-refractivity contribution in [1.82, 2.24) is 14.5 Å². The summed E-state index contributed by atoms with van der Waals surface area (Å²) in [6.45, 7) is -0.285. The summed E-state index contributed by atoms with van der Waals surface area (Å²) in [6, 6.07) is 0.160. The first-order valence-corrected chi connectivity index (χ1v) is 6.34. The lowest BCUT2D eigenvalue weighted by Crippen LogP contribution is -2.45. The highest BCUT2D eigenvalue weighted by Crippen LogP contribution is 2.17. The van der Waals surface area contributed by atoms with Gasteiger partial charge in [-0.3, -0.25) is 9.59 Å². The molecule has 0 aliphatic heterocycles. The number of amides is 1. The monoisotopic (exact) mass is 266 g/mol. The van der Waals surface area contributed by atoms with Crippen molar-refractivity contribution >= 4 is 11.6 Å². The first-order valence-electron chi connectivity index (χ1n) is 6.34. The maximum Gasteiger partial charge on any atom is 0.331 e. The Labute approximate surface area is 110 Å². The van der Waals surface area contributed by atoms with Crippen LogP contribution in [0.5, 0.6) is 0 Å². The molecular weight excluding hydrogens is 248 g/mol. The van der Waals surface area contributed by atoms with E-state index in [4.69, 9.17) is 5.73 Å². The van der Waals surface area contributed by atoms with E-state index in [1.54, 1.807) is 0 Å². The summed E-state index contributed by atoms with van der Waals surface area (Å²) >= 11 is 0. The third-order valence-corrected chi connectivity index (χ3v) is 3.38. The van der Waals surface area contributed by atoms with Gasteiger partial charge in [-0.15, -0.1) is 0 Å². The minimum atomic E-state index is -0.621. The molecule has 0 spiro atoms. The first kappa shape index (κ1) is 13.4. The summed E-state index contributed by atoms with van der Waals surface area (Å²) < 4.78 is 2.05. The van der Waals surface area contributed by atoms with Crippen LogP contribution in [0.25, 0.3) is 0 Å². The Kier molecular flexibility index (Phi) is 3.73. The molecule has 1 fully saturated rings. The number of carbonyl (C=O) groups excluding carboxylic acids is 1. The number of anilines is 1. The van der Waals surface area contributed by atoms with E-state index in [1.807, 2.05) is 0 Å². The Morgan fingerprint density at radius 1 is 1.42 bits per heavy atom. The van der Waals surface area contributed by atoms with Crippen molar-refractivity contribution in [3.05, 3.63) is 27.0 Å². The van der Waals surface area contributed by atoms with Crippen LogP contribution in [0, 0.1) is 0 Å². The van der Waals surface area contributed by atoms with Crippen LogP contribution in [-0.4, -0.2) is 21.1 Å². The predicted octanol–water partition coefficient (Wildman–Crippen LogP) is -0.812.